The summed E-state index contributed by atoms with van der Waals surface area (Å²) in [6.45, 7) is 10.9. The van der Waals surface area contributed by atoms with E-state index in [9.17, 15) is 14.4 Å². The first-order chi connectivity index (χ1) is 21.5. The summed E-state index contributed by atoms with van der Waals surface area (Å²) in [6.07, 6.45) is 3.19. The Labute approximate surface area is 262 Å². The van der Waals surface area contributed by atoms with Crippen LogP contribution in [0.1, 0.15) is 96.1 Å². The minimum atomic E-state index is -1.06. The van der Waals surface area contributed by atoms with E-state index in [0.717, 1.165) is 53.6 Å². The first-order valence-corrected chi connectivity index (χ1v) is 15.7. The molecule has 0 amide bonds. The second kappa shape index (κ2) is 13.2. The fourth-order valence-electron chi connectivity index (χ4n) is 5.86. The summed E-state index contributed by atoms with van der Waals surface area (Å²) >= 11 is 0. The monoisotopic (exact) mass is 614 g/mol. The molecule has 0 saturated carbocycles. The minimum Gasteiger partial charge on any atom is -0.425 e. The van der Waals surface area contributed by atoms with E-state index in [1.54, 1.807) is 25.5 Å². The predicted octanol–water partition coefficient (Wildman–Crippen LogP) is 5.80. The lowest BCUT2D eigenvalue weighted by Crippen LogP contribution is -2.40. The third-order valence-corrected chi connectivity index (χ3v) is 8.27. The zero-order chi connectivity index (χ0) is 32.3. The maximum atomic E-state index is 14.1. The van der Waals surface area contributed by atoms with Gasteiger partial charge in [0.05, 0.1) is 5.41 Å². The van der Waals surface area contributed by atoms with E-state index in [0.29, 0.717) is 24.2 Å². The summed E-state index contributed by atoms with van der Waals surface area (Å²) in [7, 11) is 0. The van der Waals surface area contributed by atoms with Crippen LogP contribution in [0, 0.1) is 5.41 Å². The molecule has 2 aromatic carbocycles. The van der Waals surface area contributed by atoms with Gasteiger partial charge in [-0.05, 0) is 80.5 Å². The molecule has 5 rings (SSSR count). The van der Waals surface area contributed by atoms with E-state index in [1.165, 1.54) is 6.92 Å². The molecule has 0 fully saturated rings. The second-order valence-corrected chi connectivity index (χ2v) is 12.8. The highest BCUT2D eigenvalue weighted by Crippen LogP contribution is 2.33. The molecule has 4 aromatic rings. The first kappa shape index (κ1) is 31.9. The van der Waals surface area contributed by atoms with Crippen molar-refractivity contribution in [3.63, 3.8) is 0 Å². The Morgan fingerprint density at radius 3 is 2.38 bits per heavy atom. The zero-order valence-electron chi connectivity index (χ0n) is 26.9. The lowest BCUT2D eigenvalue weighted by molar-refractivity contribution is -0.193. The van der Waals surface area contributed by atoms with Crippen molar-refractivity contribution in [2.75, 3.05) is 0 Å². The van der Waals surface area contributed by atoms with Crippen molar-refractivity contribution < 1.29 is 19.1 Å². The van der Waals surface area contributed by atoms with Crippen LogP contribution in [0.4, 0.5) is 0 Å². The van der Waals surface area contributed by atoms with Gasteiger partial charge in [-0.3, -0.25) is 14.3 Å². The van der Waals surface area contributed by atoms with Crippen LogP contribution in [-0.2, 0) is 31.9 Å². The van der Waals surface area contributed by atoms with Crippen molar-refractivity contribution in [3.05, 3.63) is 75.7 Å². The number of aromatic nitrogens is 6. The summed E-state index contributed by atoms with van der Waals surface area (Å²) in [6, 6.07) is 15.3. The quantitative estimate of drug-likeness (QED) is 0.175. The molecular formula is C34H42N6O5. The summed E-state index contributed by atoms with van der Waals surface area (Å²) in [5, 5.41) is 14.3. The SMILES string of the molecule is CCCCc1c(Cc2ccc(-c3ccccc3-c3nnn[nH]3)cc2)c(=O)n2n1C(C)CCC2C(=O)OC(C)OC(=O)C(C)(C)C. The normalized spacial score (nSPS) is 17.0. The van der Waals surface area contributed by atoms with Gasteiger partial charge in [-0.1, -0.05) is 61.9 Å². The van der Waals surface area contributed by atoms with Crippen LogP contribution >= 0.6 is 0 Å². The standard InChI is InChI=1S/C34H42N6O5/c1-7-8-13-28-27(20-23-15-17-24(18-16-23)25-11-9-10-12-26(25)30-35-37-38-36-30)31(41)40-29(19-14-21(2)39(28)40)32(42)44-22(3)45-33(43)34(4,5)6/h9-12,15-18,21-22,29H,7-8,13-14,19-20H2,1-6H3,(H,35,36,37,38). The molecule has 3 unspecified atom stereocenters. The fourth-order valence-corrected chi connectivity index (χ4v) is 5.86. The summed E-state index contributed by atoms with van der Waals surface area (Å²) in [5.41, 5.74) is 4.63. The molecule has 0 radical (unpaired) electrons. The number of benzene rings is 2. The van der Waals surface area contributed by atoms with Crippen LogP contribution < -0.4 is 5.56 Å². The smallest absolute Gasteiger partial charge is 0.334 e. The molecule has 0 saturated heterocycles. The fraction of sp³-hybridized carbons (Fsp3) is 0.471. The molecule has 45 heavy (non-hydrogen) atoms. The largest absolute Gasteiger partial charge is 0.425 e. The molecule has 11 nitrogen and oxygen atoms in total. The molecule has 3 heterocycles. The Morgan fingerprint density at radius 1 is 1.02 bits per heavy atom. The highest BCUT2D eigenvalue weighted by Gasteiger charge is 2.37. The van der Waals surface area contributed by atoms with E-state index >= 15 is 0 Å². The number of fused-ring (bicyclic) bond motifs is 1. The zero-order valence-corrected chi connectivity index (χ0v) is 26.9. The Morgan fingerprint density at radius 2 is 1.73 bits per heavy atom. The first-order valence-electron chi connectivity index (χ1n) is 15.7. The number of hydrogen-bond acceptors (Lipinski definition) is 8. The van der Waals surface area contributed by atoms with Crippen LogP contribution in [0.3, 0.4) is 0 Å². The number of carbonyl (C=O) groups is 2. The molecule has 3 atom stereocenters. The third-order valence-electron chi connectivity index (χ3n) is 8.27. The van der Waals surface area contributed by atoms with Crippen LogP contribution in [0.25, 0.3) is 22.5 Å². The van der Waals surface area contributed by atoms with Gasteiger partial charge in [0.15, 0.2) is 11.9 Å². The molecule has 1 N–H and O–H groups in total. The third kappa shape index (κ3) is 6.77. The van der Waals surface area contributed by atoms with Crippen molar-refractivity contribution in [1.29, 1.82) is 0 Å². The van der Waals surface area contributed by atoms with Crippen LogP contribution in [0.5, 0.6) is 0 Å². The number of esters is 2. The number of unbranched alkanes of at least 4 members (excludes halogenated alkanes) is 1. The Hall–Kier alpha value is -4.54. The van der Waals surface area contributed by atoms with E-state index in [-0.39, 0.29) is 11.6 Å². The summed E-state index contributed by atoms with van der Waals surface area (Å²) in [5.74, 6) is -0.448. The van der Waals surface area contributed by atoms with Gasteiger partial charge in [0.25, 0.3) is 5.56 Å². The topological polar surface area (TPSA) is 134 Å². The number of aromatic amines is 1. The van der Waals surface area contributed by atoms with Crippen molar-refractivity contribution in [2.24, 2.45) is 5.41 Å². The number of hydrogen-bond donors (Lipinski definition) is 1. The average molecular weight is 615 g/mol. The lowest BCUT2D eigenvalue weighted by atomic mass is 9.96. The molecule has 0 spiro atoms. The van der Waals surface area contributed by atoms with Gasteiger partial charge in [-0.15, -0.1) is 5.10 Å². The Balaban J connectivity index is 1.44. The van der Waals surface area contributed by atoms with Gasteiger partial charge in [-0.25, -0.2) is 14.6 Å². The number of nitrogens with zero attached hydrogens (tertiary/aromatic N) is 5. The summed E-state index contributed by atoms with van der Waals surface area (Å²) < 4.78 is 14.5. The molecule has 0 aliphatic carbocycles. The maximum Gasteiger partial charge on any atom is 0.334 e. The van der Waals surface area contributed by atoms with Gasteiger partial charge >= 0.3 is 11.9 Å². The average Bonchev–Trinajstić information content (AvgIpc) is 3.64. The van der Waals surface area contributed by atoms with E-state index in [1.807, 2.05) is 53.2 Å². The van der Waals surface area contributed by atoms with Gasteiger partial charge in [0.2, 0.25) is 6.29 Å². The minimum absolute atomic E-state index is 0.0444. The van der Waals surface area contributed by atoms with Crippen LogP contribution in [-0.4, -0.2) is 48.2 Å². The molecule has 1 aliphatic rings. The number of ether oxygens (including phenoxy) is 2. The van der Waals surface area contributed by atoms with Crippen molar-refractivity contribution in [2.45, 2.75) is 98.4 Å². The van der Waals surface area contributed by atoms with Gasteiger partial charge in [0, 0.05) is 36.2 Å². The van der Waals surface area contributed by atoms with Crippen LogP contribution in [0.2, 0.25) is 0 Å². The Bertz CT molecular complexity index is 1700. The highest BCUT2D eigenvalue weighted by atomic mass is 16.7. The number of nitrogens with one attached hydrogen (secondary N) is 1. The molecular weight excluding hydrogens is 572 g/mol. The molecule has 2 aromatic heterocycles. The second-order valence-electron chi connectivity index (χ2n) is 12.8. The van der Waals surface area contributed by atoms with Gasteiger partial charge in [0.1, 0.15) is 0 Å². The molecule has 11 heteroatoms. The Kier molecular flexibility index (Phi) is 9.36. The number of tetrazole rings is 1. The maximum absolute atomic E-state index is 14.1. The molecule has 0 bridgehead atoms. The number of carbonyl (C=O) groups excluding carboxylic acids is 2. The van der Waals surface area contributed by atoms with Crippen molar-refractivity contribution >= 4 is 11.9 Å². The van der Waals surface area contributed by atoms with E-state index < -0.39 is 29.7 Å². The van der Waals surface area contributed by atoms with Gasteiger partial charge < -0.3 is 9.47 Å². The summed E-state index contributed by atoms with van der Waals surface area (Å²) in [4.78, 5) is 39.9. The van der Waals surface area contributed by atoms with Crippen molar-refractivity contribution in [3.8, 4) is 22.5 Å². The van der Waals surface area contributed by atoms with Crippen LogP contribution in [0.15, 0.2) is 53.3 Å². The van der Waals surface area contributed by atoms with Crippen molar-refractivity contribution in [1.82, 2.24) is 30.0 Å². The van der Waals surface area contributed by atoms with Gasteiger partial charge in [-0.2, -0.15) is 0 Å². The highest BCUT2D eigenvalue weighted by molar-refractivity contribution is 5.80. The van der Waals surface area contributed by atoms with E-state index in [2.05, 4.69) is 34.5 Å². The van der Waals surface area contributed by atoms with E-state index in [4.69, 9.17) is 9.47 Å². The molecule has 238 valence electrons. The number of H-pyrrole nitrogens is 1. The molecule has 1 aliphatic heterocycles. The lowest BCUT2D eigenvalue weighted by Gasteiger charge is -2.32. The number of rotatable bonds is 10. The predicted molar refractivity (Wildman–Crippen MR) is 169 cm³/mol.